The van der Waals surface area contributed by atoms with E-state index >= 15 is 0 Å². The van der Waals surface area contributed by atoms with Gasteiger partial charge in [0.25, 0.3) is 10.0 Å². The molecule has 0 bridgehead atoms. The molecule has 0 amide bonds. The summed E-state index contributed by atoms with van der Waals surface area (Å²) in [7, 11) is -1.55. The molecule has 0 fully saturated rings. The number of aromatic carboxylic acids is 1. The molecule has 0 radical (unpaired) electrons. The molecule has 0 heterocycles. The summed E-state index contributed by atoms with van der Waals surface area (Å²) in [5.41, 5.74) is 2.73. The Morgan fingerprint density at radius 1 is 0.968 bits per heavy atom. The van der Waals surface area contributed by atoms with Crippen molar-refractivity contribution >= 4 is 21.7 Å². The zero-order valence-electron chi connectivity index (χ0n) is 17.4. The predicted octanol–water partition coefficient (Wildman–Crippen LogP) is 4.10. The first-order valence-corrected chi connectivity index (χ1v) is 10.9. The third-order valence-electron chi connectivity index (χ3n) is 4.75. The van der Waals surface area contributed by atoms with Crippen LogP contribution in [0.15, 0.2) is 65.6 Å². The van der Waals surface area contributed by atoms with Crippen LogP contribution in [0.5, 0.6) is 11.5 Å². The molecule has 0 aliphatic heterocycles. The molecule has 0 aliphatic carbocycles. The maximum atomic E-state index is 13.2. The molecule has 3 rings (SSSR count). The summed E-state index contributed by atoms with van der Waals surface area (Å²) in [6.07, 6.45) is 0.512. The highest BCUT2D eigenvalue weighted by Crippen LogP contribution is 2.34. The van der Waals surface area contributed by atoms with Gasteiger partial charge in [-0.3, -0.25) is 4.72 Å². The molecule has 31 heavy (non-hydrogen) atoms. The Morgan fingerprint density at radius 3 is 2.23 bits per heavy atom. The lowest BCUT2D eigenvalue weighted by Crippen LogP contribution is -2.18. The highest BCUT2D eigenvalue weighted by molar-refractivity contribution is 7.92. The number of sulfonamides is 1. The summed E-state index contributed by atoms with van der Waals surface area (Å²) in [4.78, 5) is 11.3. The van der Waals surface area contributed by atoms with E-state index in [0.29, 0.717) is 12.1 Å². The van der Waals surface area contributed by atoms with Gasteiger partial charge >= 0.3 is 5.97 Å². The molecule has 0 aliphatic rings. The SMILES string of the molecule is COc1cc(C(=O)O)c(S(=O)(=O)Nc2ccc(C)cc2Cc2ccccc2)cc1OC. The van der Waals surface area contributed by atoms with Crippen molar-refractivity contribution < 1.29 is 27.8 Å². The predicted molar refractivity (Wildman–Crippen MR) is 118 cm³/mol. The number of carboxylic acid groups (broad SMARTS) is 1. The summed E-state index contributed by atoms with van der Waals surface area (Å²) in [6, 6.07) is 17.3. The summed E-state index contributed by atoms with van der Waals surface area (Å²) < 4.78 is 39.2. The van der Waals surface area contributed by atoms with Crippen LogP contribution in [0.4, 0.5) is 5.69 Å². The second-order valence-corrected chi connectivity index (χ2v) is 8.59. The molecule has 7 nitrogen and oxygen atoms in total. The first kappa shape index (κ1) is 22.2. The molecule has 8 heteroatoms. The van der Waals surface area contributed by atoms with Crippen LogP contribution in [-0.2, 0) is 16.4 Å². The van der Waals surface area contributed by atoms with E-state index in [9.17, 15) is 18.3 Å². The van der Waals surface area contributed by atoms with Crippen molar-refractivity contribution in [2.45, 2.75) is 18.2 Å². The van der Waals surface area contributed by atoms with Crippen LogP contribution in [0.2, 0.25) is 0 Å². The van der Waals surface area contributed by atoms with Gasteiger partial charge in [-0.15, -0.1) is 0 Å². The molecule has 0 unspecified atom stereocenters. The van der Waals surface area contributed by atoms with Gasteiger partial charge in [-0.05, 0) is 36.6 Å². The third-order valence-corrected chi connectivity index (χ3v) is 6.15. The number of hydrogen-bond acceptors (Lipinski definition) is 5. The van der Waals surface area contributed by atoms with Crippen molar-refractivity contribution in [3.8, 4) is 11.5 Å². The minimum atomic E-state index is -4.24. The van der Waals surface area contributed by atoms with Crippen LogP contribution < -0.4 is 14.2 Å². The standard InChI is InChI=1S/C23H23NO6S/c1-15-9-10-19(17(11-15)12-16-7-5-4-6-8-16)24-31(27,28)22-14-21(30-3)20(29-2)13-18(22)23(25)26/h4-11,13-14,24H,12H2,1-3H3,(H,25,26). The van der Waals surface area contributed by atoms with E-state index in [4.69, 9.17) is 9.47 Å². The zero-order valence-corrected chi connectivity index (χ0v) is 18.2. The summed E-state index contributed by atoms with van der Waals surface area (Å²) >= 11 is 0. The Balaban J connectivity index is 2.06. The van der Waals surface area contributed by atoms with Crippen molar-refractivity contribution in [2.24, 2.45) is 0 Å². The fourth-order valence-corrected chi connectivity index (χ4v) is 4.53. The maximum absolute atomic E-state index is 13.2. The monoisotopic (exact) mass is 441 g/mol. The molecule has 0 saturated carbocycles. The van der Waals surface area contributed by atoms with Crippen molar-refractivity contribution in [3.05, 3.63) is 82.9 Å². The Morgan fingerprint density at radius 2 is 1.61 bits per heavy atom. The molecule has 0 atom stereocenters. The Hall–Kier alpha value is -3.52. The van der Waals surface area contributed by atoms with Crippen LogP contribution in [0.1, 0.15) is 27.0 Å². The lowest BCUT2D eigenvalue weighted by atomic mass is 10.0. The van der Waals surface area contributed by atoms with Crippen molar-refractivity contribution in [1.29, 1.82) is 0 Å². The number of aryl methyl sites for hydroxylation is 1. The largest absolute Gasteiger partial charge is 0.493 e. The number of hydrogen-bond donors (Lipinski definition) is 2. The third kappa shape index (κ3) is 4.97. The summed E-state index contributed by atoms with van der Waals surface area (Å²) in [5, 5.41) is 9.58. The minimum absolute atomic E-state index is 0.112. The van der Waals surface area contributed by atoms with Gasteiger partial charge in [0.2, 0.25) is 0 Å². The van der Waals surface area contributed by atoms with Gasteiger partial charge < -0.3 is 14.6 Å². The zero-order chi connectivity index (χ0) is 22.6. The van der Waals surface area contributed by atoms with E-state index in [1.54, 1.807) is 12.1 Å². The summed E-state index contributed by atoms with van der Waals surface area (Å²) in [6.45, 7) is 1.92. The molecule has 0 saturated heterocycles. The van der Waals surface area contributed by atoms with Gasteiger partial charge in [0, 0.05) is 6.07 Å². The lowest BCUT2D eigenvalue weighted by molar-refractivity contribution is 0.0692. The number of anilines is 1. The average Bonchev–Trinajstić information content (AvgIpc) is 2.75. The highest BCUT2D eigenvalue weighted by Gasteiger charge is 2.26. The number of benzene rings is 3. The number of carbonyl (C=O) groups is 1. The molecular formula is C23H23NO6S. The topological polar surface area (TPSA) is 102 Å². The number of ether oxygens (including phenoxy) is 2. The molecule has 162 valence electrons. The van der Waals surface area contributed by atoms with E-state index < -0.39 is 26.5 Å². The van der Waals surface area contributed by atoms with Gasteiger partial charge in [0.1, 0.15) is 4.90 Å². The molecule has 3 aromatic rings. The molecular weight excluding hydrogens is 418 g/mol. The number of carboxylic acids is 1. The van der Waals surface area contributed by atoms with E-state index in [2.05, 4.69) is 4.72 Å². The fraction of sp³-hybridized carbons (Fsp3) is 0.174. The first-order valence-electron chi connectivity index (χ1n) is 9.40. The van der Waals surface area contributed by atoms with Crippen LogP contribution in [0, 0.1) is 6.92 Å². The van der Waals surface area contributed by atoms with Gasteiger partial charge in [0.05, 0.1) is 25.5 Å². The number of nitrogens with one attached hydrogen (secondary N) is 1. The van der Waals surface area contributed by atoms with E-state index in [1.165, 1.54) is 14.2 Å². The Kier molecular flexibility index (Phi) is 6.50. The number of rotatable bonds is 8. The fourth-order valence-electron chi connectivity index (χ4n) is 3.23. The number of methoxy groups -OCH3 is 2. The van der Waals surface area contributed by atoms with Crippen LogP contribution in [0.25, 0.3) is 0 Å². The molecule has 2 N–H and O–H groups in total. The van der Waals surface area contributed by atoms with Crippen molar-refractivity contribution in [3.63, 3.8) is 0 Å². The smallest absolute Gasteiger partial charge is 0.337 e. The van der Waals surface area contributed by atoms with E-state index in [-0.39, 0.29) is 11.5 Å². The quantitative estimate of drug-likeness (QED) is 0.546. The van der Waals surface area contributed by atoms with Crippen LogP contribution in [0.3, 0.4) is 0 Å². The van der Waals surface area contributed by atoms with Gasteiger partial charge in [-0.25, -0.2) is 13.2 Å². The second-order valence-electron chi connectivity index (χ2n) is 6.94. The molecule has 0 aromatic heterocycles. The van der Waals surface area contributed by atoms with Gasteiger partial charge in [-0.1, -0.05) is 48.0 Å². The average molecular weight is 442 g/mol. The van der Waals surface area contributed by atoms with Gasteiger partial charge in [0.15, 0.2) is 11.5 Å². The van der Waals surface area contributed by atoms with Crippen LogP contribution in [-0.4, -0.2) is 33.7 Å². The summed E-state index contributed by atoms with van der Waals surface area (Å²) in [5.74, 6) is -1.16. The van der Waals surface area contributed by atoms with Crippen molar-refractivity contribution in [2.75, 3.05) is 18.9 Å². The van der Waals surface area contributed by atoms with E-state index in [1.807, 2.05) is 43.3 Å². The Labute approximate surface area is 181 Å². The van der Waals surface area contributed by atoms with E-state index in [0.717, 1.165) is 28.8 Å². The van der Waals surface area contributed by atoms with Crippen LogP contribution >= 0.6 is 0 Å². The normalized spacial score (nSPS) is 11.1. The Bertz CT molecular complexity index is 1210. The molecule has 3 aromatic carbocycles. The highest BCUT2D eigenvalue weighted by atomic mass is 32.2. The molecule has 0 spiro atoms. The first-order chi connectivity index (χ1) is 14.7. The minimum Gasteiger partial charge on any atom is -0.493 e. The maximum Gasteiger partial charge on any atom is 0.337 e. The second kappa shape index (κ2) is 9.09. The lowest BCUT2D eigenvalue weighted by Gasteiger charge is -2.16. The van der Waals surface area contributed by atoms with Crippen molar-refractivity contribution in [1.82, 2.24) is 0 Å². The van der Waals surface area contributed by atoms with Gasteiger partial charge in [-0.2, -0.15) is 0 Å².